The Labute approximate surface area is 343 Å². The third-order valence-corrected chi connectivity index (χ3v) is 11.3. The van der Waals surface area contributed by atoms with E-state index in [0.29, 0.717) is 6.42 Å². The summed E-state index contributed by atoms with van der Waals surface area (Å²) in [6.07, 6.45) is 44.9. The highest BCUT2D eigenvalue weighted by Gasteiger charge is 2.27. The third-order valence-electron chi connectivity index (χ3n) is 10.4. The molecule has 0 aromatic rings. The number of aliphatic carboxylic acids is 1. The number of carboxylic acid groups (broad SMARTS) is 1. The summed E-state index contributed by atoms with van der Waals surface area (Å²) in [5.74, 6) is -1.79. The Morgan fingerprint density at radius 1 is 0.554 bits per heavy atom. The monoisotopic (exact) mass is 818 g/mol. The lowest BCUT2D eigenvalue weighted by Crippen LogP contribution is -2.34. The van der Waals surface area contributed by atoms with E-state index < -0.39 is 45.1 Å². The normalized spacial score (nSPS) is 13.9. The summed E-state index contributed by atoms with van der Waals surface area (Å²) in [5.41, 5.74) is 5.36. The minimum absolute atomic E-state index is 0.0607. The molecule has 56 heavy (non-hydrogen) atoms. The first-order chi connectivity index (χ1) is 27.2. The van der Waals surface area contributed by atoms with Crippen LogP contribution in [-0.4, -0.2) is 53.9 Å². The Bertz CT molecular complexity index is 951. The fourth-order valence-electron chi connectivity index (χ4n) is 6.75. The zero-order valence-electron chi connectivity index (χ0n) is 36.2. The molecule has 332 valence electrons. The van der Waals surface area contributed by atoms with E-state index in [-0.39, 0.29) is 13.0 Å². The number of unbranched alkanes of at least 4 members (excludes halogenated alkanes) is 31. The molecule has 0 aromatic carbocycles. The Morgan fingerprint density at radius 2 is 0.911 bits per heavy atom. The van der Waals surface area contributed by atoms with Gasteiger partial charge in [-0.1, -0.05) is 206 Å². The predicted molar refractivity (Wildman–Crippen MR) is 231 cm³/mol. The first-order valence-corrected chi connectivity index (χ1v) is 24.8. The van der Waals surface area contributed by atoms with Crippen LogP contribution in [0.15, 0.2) is 12.3 Å². The van der Waals surface area contributed by atoms with Crippen LogP contribution in [0.1, 0.15) is 232 Å². The van der Waals surface area contributed by atoms with Crippen LogP contribution in [0.4, 0.5) is 0 Å². The first kappa shape index (κ1) is 54.6. The number of ether oxygens (including phenoxy) is 2. The molecule has 0 saturated carbocycles. The van der Waals surface area contributed by atoms with E-state index in [1.54, 1.807) is 6.26 Å². The summed E-state index contributed by atoms with van der Waals surface area (Å²) in [7, 11) is -4.63. The van der Waals surface area contributed by atoms with Crippen molar-refractivity contribution >= 4 is 19.8 Å². The number of carbonyl (C=O) groups is 2. The summed E-state index contributed by atoms with van der Waals surface area (Å²) in [4.78, 5) is 33.5. The van der Waals surface area contributed by atoms with Gasteiger partial charge >= 0.3 is 19.8 Å². The van der Waals surface area contributed by atoms with Gasteiger partial charge in [0.2, 0.25) is 0 Å². The summed E-state index contributed by atoms with van der Waals surface area (Å²) < 4.78 is 33.2. The number of esters is 1. The lowest BCUT2D eigenvalue weighted by atomic mass is 10.0. The Morgan fingerprint density at radius 3 is 1.30 bits per heavy atom. The maximum Gasteiger partial charge on any atom is 0.472 e. The quantitative estimate of drug-likeness (QED) is 0.0234. The predicted octanol–water partition coefficient (Wildman–Crippen LogP) is 13.3. The highest BCUT2D eigenvalue weighted by atomic mass is 31.2. The van der Waals surface area contributed by atoms with Gasteiger partial charge in [-0.2, -0.15) is 0 Å². The number of hydrogen-bond acceptors (Lipinski definition) is 8. The van der Waals surface area contributed by atoms with Crippen molar-refractivity contribution in [2.45, 2.75) is 244 Å². The van der Waals surface area contributed by atoms with Gasteiger partial charge in [-0.25, -0.2) is 4.57 Å². The number of nitrogens with two attached hydrogens (primary N) is 1. The van der Waals surface area contributed by atoms with Crippen molar-refractivity contribution in [2.24, 2.45) is 5.73 Å². The zero-order chi connectivity index (χ0) is 41.2. The van der Waals surface area contributed by atoms with E-state index in [9.17, 15) is 19.0 Å². The highest BCUT2D eigenvalue weighted by molar-refractivity contribution is 7.47. The molecule has 0 heterocycles. The molecule has 0 aliphatic rings. The van der Waals surface area contributed by atoms with Gasteiger partial charge in [0.15, 0.2) is 6.10 Å². The second-order valence-corrected chi connectivity index (χ2v) is 17.4. The number of carbonyl (C=O) groups excluding carboxylic acids is 1. The molecule has 0 aliphatic carbocycles. The van der Waals surface area contributed by atoms with Gasteiger partial charge in [0.05, 0.1) is 19.5 Å². The van der Waals surface area contributed by atoms with Gasteiger partial charge in [-0.05, 0) is 25.3 Å². The number of allylic oxidation sites excluding steroid dienone is 1. The van der Waals surface area contributed by atoms with E-state index >= 15 is 0 Å². The molecular formula is C45H88NO9P. The second-order valence-electron chi connectivity index (χ2n) is 16.0. The molecule has 0 saturated heterocycles. The average Bonchev–Trinajstić information content (AvgIpc) is 3.18. The summed E-state index contributed by atoms with van der Waals surface area (Å²) in [6, 6.07) is -1.48. The molecule has 3 atom stereocenters. The molecule has 1 unspecified atom stereocenters. The average molecular weight is 818 g/mol. The SMILES string of the molecule is CCCCCCCCCCCCCCCCCC/C=C\OC[C@H](COP(=O)(O)OC[C@H](N)C(=O)O)OC(=O)CCCCCCCCCCCCCCCCCC. The van der Waals surface area contributed by atoms with Crippen LogP contribution in [0.5, 0.6) is 0 Å². The van der Waals surface area contributed by atoms with Crippen molar-refractivity contribution in [3.63, 3.8) is 0 Å². The van der Waals surface area contributed by atoms with Gasteiger partial charge in [0.1, 0.15) is 12.6 Å². The molecule has 4 N–H and O–H groups in total. The van der Waals surface area contributed by atoms with Crippen molar-refractivity contribution < 1.29 is 42.7 Å². The maximum absolute atomic E-state index is 12.6. The third kappa shape index (κ3) is 40.7. The summed E-state index contributed by atoms with van der Waals surface area (Å²) in [6.45, 7) is 3.31. The van der Waals surface area contributed by atoms with E-state index in [1.165, 1.54) is 180 Å². The lowest BCUT2D eigenvalue weighted by Gasteiger charge is -2.20. The fourth-order valence-corrected chi connectivity index (χ4v) is 7.53. The van der Waals surface area contributed by atoms with Crippen molar-refractivity contribution in [1.29, 1.82) is 0 Å². The van der Waals surface area contributed by atoms with Gasteiger partial charge in [0.25, 0.3) is 0 Å². The lowest BCUT2D eigenvalue weighted by molar-refractivity contribution is -0.153. The number of rotatable bonds is 45. The summed E-state index contributed by atoms with van der Waals surface area (Å²) in [5, 5.41) is 8.90. The standard InChI is InChI=1S/C45H88NO9P/c1-3-5-7-9-11-13-15-17-19-21-22-24-26-28-30-32-34-36-38-52-39-42(40-53-56(50,51)54-41-43(46)45(48)49)55-44(47)37-35-33-31-29-27-25-23-20-18-16-14-12-10-8-6-4-2/h36,38,42-43H,3-35,37,39-41,46H2,1-2H3,(H,48,49)(H,50,51)/b38-36-/t42-,43+/m1/s1. The smallest absolute Gasteiger partial charge is 0.472 e. The topological polar surface area (TPSA) is 155 Å². The van der Waals surface area contributed by atoms with E-state index in [1.807, 2.05) is 6.08 Å². The molecule has 0 amide bonds. The minimum Gasteiger partial charge on any atom is -0.498 e. The van der Waals surface area contributed by atoms with Crippen molar-refractivity contribution in [2.75, 3.05) is 19.8 Å². The van der Waals surface area contributed by atoms with E-state index in [4.69, 9.17) is 29.4 Å². The van der Waals surface area contributed by atoms with Crippen LogP contribution in [0.25, 0.3) is 0 Å². The molecule has 0 aliphatic heterocycles. The largest absolute Gasteiger partial charge is 0.498 e. The van der Waals surface area contributed by atoms with Crippen LogP contribution in [-0.2, 0) is 32.7 Å². The molecule has 0 bridgehead atoms. The van der Waals surface area contributed by atoms with Gasteiger partial charge in [0, 0.05) is 6.42 Å². The molecule has 11 heteroatoms. The van der Waals surface area contributed by atoms with Gasteiger partial charge < -0.3 is 25.2 Å². The van der Waals surface area contributed by atoms with Crippen LogP contribution in [0.2, 0.25) is 0 Å². The molecular weight excluding hydrogens is 729 g/mol. The number of hydrogen-bond donors (Lipinski definition) is 3. The van der Waals surface area contributed by atoms with E-state index in [2.05, 4.69) is 13.8 Å². The van der Waals surface area contributed by atoms with Crippen LogP contribution in [0, 0.1) is 0 Å². The second kappa shape index (κ2) is 41.7. The summed E-state index contributed by atoms with van der Waals surface area (Å²) >= 11 is 0. The molecule has 0 radical (unpaired) electrons. The van der Waals surface area contributed by atoms with Crippen LogP contribution in [0.3, 0.4) is 0 Å². The maximum atomic E-state index is 12.6. The van der Waals surface area contributed by atoms with Crippen LogP contribution < -0.4 is 5.73 Å². The molecule has 0 spiro atoms. The van der Waals surface area contributed by atoms with Gasteiger partial charge in [-0.3, -0.25) is 18.6 Å². The van der Waals surface area contributed by atoms with Crippen molar-refractivity contribution in [3.8, 4) is 0 Å². The molecule has 0 rings (SSSR count). The molecule has 0 aromatic heterocycles. The number of phosphoric acid groups is 1. The fraction of sp³-hybridized carbons (Fsp3) is 0.911. The van der Waals surface area contributed by atoms with Crippen molar-refractivity contribution in [3.05, 3.63) is 12.3 Å². The molecule has 10 nitrogen and oxygen atoms in total. The van der Waals surface area contributed by atoms with Crippen LogP contribution >= 0.6 is 7.82 Å². The van der Waals surface area contributed by atoms with Crippen molar-refractivity contribution in [1.82, 2.24) is 0 Å². The highest BCUT2D eigenvalue weighted by Crippen LogP contribution is 2.43. The number of phosphoric ester groups is 1. The van der Waals surface area contributed by atoms with E-state index in [0.717, 1.165) is 25.7 Å². The molecule has 0 fully saturated rings. The minimum atomic E-state index is -4.63. The Balaban J connectivity index is 4.21. The zero-order valence-corrected chi connectivity index (χ0v) is 37.1. The van der Waals surface area contributed by atoms with Gasteiger partial charge in [-0.15, -0.1) is 0 Å². The first-order valence-electron chi connectivity index (χ1n) is 23.3. The Kier molecular flexibility index (Phi) is 40.6. The number of carboxylic acids is 1. The Hall–Kier alpha value is -1.45.